The van der Waals surface area contributed by atoms with E-state index in [2.05, 4.69) is 34.9 Å². The minimum atomic E-state index is -0.172. The number of hydrazine groups is 1. The van der Waals surface area contributed by atoms with Crippen LogP contribution in [0.2, 0.25) is 0 Å². The monoisotopic (exact) mass is 343 g/mol. The van der Waals surface area contributed by atoms with Gasteiger partial charge in [-0.2, -0.15) is 0 Å². The molecule has 2 aromatic carbocycles. The zero-order valence-electron chi connectivity index (χ0n) is 12.9. The Labute approximate surface area is 143 Å². The molecule has 0 bridgehead atoms. The number of aromatic nitrogens is 1. The van der Waals surface area contributed by atoms with Crippen LogP contribution in [0.15, 0.2) is 47.4 Å². The Morgan fingerprint density at radius 3 is 2.91 bits per heavy atom. The maximum atomic E-state index is 12.2. The van der Waals surface area contributed by atoms with E-state index in [4.69, 9.17) is 0 Å². The number of thiazole rings is 1. The van der Waals surface area contributed by atoms with Crippen LogP contribution in [-0.4, -0.2) is 17.1 Å². The molecule has 6 heteroatoms. The van der Waals surface area contributed by atoms with E-state index in [0.717, 1.165) is 21.5 Å². The first-order valence-electron chi connectivity index (χ1n) is 7.29. The maximum Gasteiger partial charge on any atom is 0.269 e. The van der Waals surface area contributed by atoms with Crippen LogP contribution in [0.1, 0.15) is 22.8 Å². The van der Waals surface area contributed by atoms with Crippen LogP contribution in [0.5, 0.6) is 0 Å². The van der Waals surface area contributed by atoms with Gasteiger partial charge < -0.3 is 0 Å². The zero-order valence-corrected chi connectivity index (χ0v) is 14.6. The molecule has 0 spiro atoms. The molecule has 3 aromatic rings. The van der Waals surface area contributed by atoms with Crippen LogP contribution < -0.4 is 10.9 Å². The number of fused-ring (bicyclic) bond motifs is 1. The number of rotatable bonds is 5. The SMILES string of the molecule is CCc1ccc2nc(NNC(=O)c3cccc(SC)c3)sc2c1. The molecule has 1 aromatic heterocycles. The van der Waals surface area contributed by atoms with Crippen molar-refractivity contribution in [2.24, 2.45) is 0 Å². The van der Waals surface area contributed by atoms with Gasteiger partial charge in [0.2, 0.25) is 5.13 Å². The Kier molecular flexibility index (Phi) is 4.83. The van der Waals surface area contributed by atoms with Crippen LogP contribution >= 0.6 is 23.1 Å². The summed E-state index contributed by atoms with van der Waals surface area (Å²) < 4.78 is 1.12. The summed E-state index contributed by atoms with van der Waals surface area (Å²) in [7, 11) is 0. The maximum absolute atomic E-state index is 12.2. The van der Waals surface area contributed by atoms with Crippen molar-refractivity contribution in [2.75, 3.05) is 11.7 Å². The van der Waals surface area contributed by atoms with Crippen molar-refractivity contribution in [2.45, 2.75) is 18.2 Å². The largest absolute Gasteiger partial charge is 0.273 e. The molecule has 0 saturated carbocycles. The topological polar surface area (TPSA) is 54.0 Å². The first kappa shape index (κ1) is 15.8. The third-order valence-electron chi connectivity index (χ3n) is 3.48. The zero-order chi connectivity index (χ0) is 16.2. The lowest BCUT2D eigenvalue weighted by Gasteiger charge is -2.06. The fraction of sp³-hybridized carbons (Fsp3) is 0.176. The molecule has 118 valence electrons. The highest BCUT2D eigenvalue weighted by molar-refractivity contribution is 7.98. The van der Waals surface area contributed by atoms with Crippen molar-refractivity contribution >= 4 is 44.4 Å². The number of amides is 1. The second-order valence-electron chi connectivity index (χ2n) is 4.99. The van der Waals surface area contributed by atoms with E-state index >= 15 is 0 Å². The summed E-state index contributed by atoms with van der Waals surface area (Å²) in [4.78, 5) is 17.7. The third-order valence-corrected chi connectivity index (χ3v) is 5.13. The summed E-state index contributed by atoms with van der Waals surface area (Å²) >= 11 is 3.14. The molecule has 0 radical (unpaired) electrons. The molecule has 0 aliphatic heterocycles. The Balaban J connectivity index is 1.71. The summed E-state index contributed by atoms with van der Waals surface area (Å²) in [6, 6.07) is 13.8. The van der Waals surface area contributed by atoms with Gasteiger partial charge in [0, 0.05) is 10.5 Å². The molecule has 0 aliphatic rings. The number of hydrogen-bond acceptors (Lipinski definition) is 5. The average Bonchev–Trinajstić information content (AvgIpc) is 3.01. The number of nitrogens with one attached hydrogen (secondary N) is 2. The number of carbonyl (C=O) groups excluding carboxylic acids is 1. The van der Waals surface area contributed by atoms with Crippen LogP contribution in [0.25, 0.3) is 10.2 Å². The van der Waals surface area contributed by atoms with Crippen LogP contribution in [0.3, 0.4) is 0 Å². The Hall–Kier alpha value is -2.05. The number of thioether (sulfide) groups is 1. The number of nitrogens with zero attached hydrogens (tertiary/aromatic N) is 1. The Bertz CT molecular complexity index is 845. The highest BCUT2D eigenvalue weighted by Crippen LogP contribution is 2.26. The summed E-state index contributed by atoms with van der Waals surface area (Å²) in [5, 5.41) is 0.683. The minimum absolute atomic E-state index is 0.172. The van der Waals surface area contributed by atoms with Gasteiger partial charge >= 0.3 is 0 Å². The van der Waals surface area contributed by atoms with E-state index in [0.29, 0.717) is 10.7 Å². The van der Waals surface area contributed by atoms with E-state index < -0.39 is 0 Å². The molecule has 0 aliphatic carbocycles. The molecule has 0 atom stereocenters. The van der Waals surface area contributed by atoms with Crippen LogP contribution in [-0.2, 0) is 6.42 Å². The number of aryl methyl sites for hydroxylation is 1. The number of hydrogen-bond donors (Lipinski definition) is 2. The highest BCUT2D eigenvalue weighted by atomic mass is 32.2. The first-order chi connectivity index (χ1) is 11.2. The van der Waals surface area contributed by atoms with Crippen molar-refractivity contribution in [3.05, 3.63) is 53.6 Å². The van der Waals surface area contributed by atoms with E-state index in [1.807, 2.05) is 30.5 Å². The molecule has 23 heavy (non-hydrogen) atoms. The van der Waals surface area contributed by atoms with Gasteiger partial charge in [0.05, 0.1) is 10.2 Å². The van der Waals surface area contributed by atoms with Crippen molar-refractivity contribution in [1.29, 1.82) is 0 Å². The van der Waals surface area contributed by atoms with E-state index in [1.54, 1.807) is 17.8 Å². The molecule has 3 rings (SSSR count). The van der Waals surface area contributed by atoms with Crippen molar-refractivity contribution in [3.8, 4) is 0 Å². The summed E-state index contributed by atoms with van der Waals surface area (Å²) in [6.07, 6.45) is 2.99. The van der Waals surface area contributed by atoms with E-state index in [-0.39, 0.29) is 5.91 Å². The van der Waals surface area contributed by atoms with Gasteiger partial charge in [-0.15, -0.1) is 11.8 Å². The predicted octanol–water partition coefficient (Wildman–Crippen LogP) is 4.34. The Morgan fingerprint density at radius 2 is 2.13 bits per heavy atom. The lowest BCUT2D eigenvalue weighted by molar-refractivity contribution is 0.0962. The van der Waals surface area contributed by atoms with Crippen molar-refractivity contribution in [1.82, 2.24) is 10.4 Å². The first-order valence-corrected chi connectivity index (χ1v) is 9.33. The average molecular weight is 343 g/mol. The number of carbonyl (C=O) groups is 1. The quantitative estimate of drug-likeness (QED) is 0.534. The third kappa shape index (κ3) is 3.65. The number of anilines is 1. The fourth-order valence-electron chi connectivity index (χ4n) is 2.19. The number of benzene rings is 2. The van der Waals surface area contributed by atoms with Gasteiger partial charge in [0.1, 0.15) is 0 Å². The molecule has 0 unspecified atom stereocenters. The van der Waals surface area contributed by atoms with E-state index in [1.165, 1.54) is 16.9 Å². The second kappa shape index (κ2) is 7.02. The van der Waals surface area contributed by atoms with Gasteiger partial charge in [0.15, 0.2) is 0 Å². The predicted molar refractivity (Wildman–Crippen MR) is 98.3 cm³/mol. The molecule has 4 nitrogen and oxygen atoms in total. The highest BCUT2D eigenvalue weighted by Gasteiger charge is 2.08. The van der Waals surface area contributed by atoms with Crippen LogP contribution in [0, 0.1) is 0 Å². The molecular formula is C17H17N3OS2. The van der Waals surface area contributed by atoms with Crippen LogP contribution in [0.4, 0.5) is 5.13 Å². The standard InChI is InChI=1S/C17H17N3OS2/c1-3-11-7-8-14-15(9-11)23-17(18-14)20-19-16(21)12-5-4-6-13(10-12)22-2/h4-10H,3H2,1-2H3,(H,18,20)(H,19,21). The normalized spacial score (nSPS) is 10.7. The van der Waals surface area contributed by atoms with Gasteiger partial charge in [-0.1, -0.05) is 30.4 Å². The smallest absolute Gasteiger partial charge is 0.269 e. The molecule has 1 heterocycles. The Morgan fingerprint density at radius 1 is 1.26 bits per heavy atom. The lowest BCUT2D eigenvalue weighted by Crippen LogP contribution is -2.29. The van der Waals surface area contributed by atoms with Crippen molar-refractivity contribution in [3.63, 3.8) is 0 Å². The molecule has 2 N–H and O–H groups in total. The fourth-order valence-corrected chi connectivity index (χ4v) is 3.53. The summed E-state index contributed by atoms with van der Waals surface area (Å²) in [5.74, 6) is -0.172. The molecule has 1 amide bonds. The second-order valence-corrected chi connectivity index (χ2v) is 6.90. The van der Waals surface area contributed by atoms with Gasteiger partial charge in [0.25, 0.3) is 5.91 Å². The molecule has 0 saturated heterocycles. The summed E-state index contributed by atoms with van der Waals surface area (Å²) in [5.41, 5.74) is 8.46. The van der Waals surface area contributed by atoms with Gasteiger partial charge in [-0.25, -0.2) is 4.98 Å². The van der Waals surface area contributed by atoms with E-state index in [9.17, 15) is 4.79 Å². The van der Waals surface area contributed by atoms with Crippen molar-refractivity contribution < 1.29 is 4.79 Å². The molecular weight excluding hydrogens is 326 g/mol. The molecule has 0 fully saturated rings. The summed E-state index contributed by atoms with van der Waals surface area (Å²) in [6.45, 7) is 2.13. The van der Waals surface area contributed by atoms with Gasteiger partial charge in [-0.3, -0.25) is 15.6 Å². The van der Waals surface area contributed by atoms with Gasteiger partial charge in [-0.05, 0) is 48.6 Å². The minimum Gasteiger partial charge on any atom is -0.273 e. The lowest BCUT2D eigenvalue weighted by atomic mass is 10.2.